The Morgan fingerprint density at radius 1 is 1.28 bits per heavy atom. The van der Waals surface area contributed by atoms with Crippen molar-refractivity contribution in [1.29, 1.82) is 0 Å². The SMILES string of the molecule is CNCC1(CC2Cc3ccccc3O2)CCCC1. The zero-order valence-corrected chi connectivity index (χ0v) is 11.2. The summed E-state index contributed by atoms with van der Waals surface area (Å²) in [5.41, 5.74) is 1.88. The molecule has 1 saturated carbocycles. The van der Waals surface area contributed by atoms with Gasteiger partial charge in [-0.3, -0.25) is 0 Å². The molecule has 1 N–H and O–H groups in total. The Labute approximate surface area is 110 Å². The van der Waals surface area contributed by atoms with Gasteiger partial charge in [0.05, 0.1) is 0 Å². The zero-order chi connectivity index (χ0) is 12.4. The largest absolute Gasteiger partial charge is 0.490 e. The summed E-state index contributed by atoms with van der Waals surface area (Å²) in [5.74, 6) is 1.11. The Morgan fingerprint density at radius 2 is 2.06 bits per heavy atom. The second-order valence-electron chi connectivity index (χ2n) is 5.99. The van der Waals surface area contributed by atoms with Crippen molar-refractivity contribution in [2.75, 3.05) is 13.6 Å². The van der Waals surface area contributed by atoms with Crippen LogP contribution in [0.3, 0.4) is 0 Å². The molecule has 1 aliphatic carbocycles. The van der Waals surface area contributed by atoms with Gasteiger partial charge in [-0.25, -0.2) is 0 Å². The number of rotatable bonds is 4. The minimum Gasteiger partial charge on any atom is -0.490 e. The Morgan fingerprint density at radius 3 is 2.78 bits per heavy atom. The first-order valence-electron chi connectivity index (χ1n) is 7.20. The van der Waals surface area contributed by atoms with Gasteiger partial charge in [0, 0.05) is 13.0 Å². The summed E-state index contributed by atoms with van der Waals surface area (Å²) in [5, 5.41) is 3.39. The van der Waals surface area contributed by atoms with E-state index in [1.807, 2.05) is 0 Å². The van der Waals surface area contributed by atoms with E-state index < -0.39 is 0 Å². The maximum absolute atomic E-state index is 6.11. The normalized spacial score (nSPS) is 24.8. The first-order chi connectivity index (χ1) is 8.81. The Balaban J connectivity index is 1.67. The van der Waals surface area contributed by atoms with Crippen molar-refractivity contribution in [3.8, 4) is 5.75 Å². The molecule has 1 aromatic rings. The lowest BCUT2D eigenvalue weighted by molar-refractivity contribution is 0.136. The van der Waals surface area contributed by atoms with Crippen LogP contribution in [0.5, 0.6) is 5.75 Å². The summed E-state index contributed by atoms with van der Waals surface area (Å²) in [6, 6.07) is 8.49. The van der Waals surface area contributed by atoms with E-state index in [9.17, 15) is 0 Å². The highest BCUT2D eigenvalue weighted by molar-refractivity contribution is 5.37. The van der Waals surface area contributed by atoms with Crippen LogP contribution in [0.25, 0.3) is 0 Å². The van der Waals surface area contributed by atoms with Crippen LogP contribution in [0, 0.1) is 5.41 Å². The van der Waals surface area contributed by atoms with Crippen molar-refractivity contribution in [3.63, 3.8) is 0 Å². The van der Waals surface area contributed by atoms with E-state index in [0.29, 0.717) is 11.5 Å². The van der Waals surface area contributed by atoms with Crippen LogP contribution >= 0.6 is 0 Å². The molecule has 0 radical (unpaired) electrons. The third-order valence-corrected chi connectivity index (χ3v) is 4.59. The van der Waals surface area contributed by atoms with Gasteiger partial charge in [0.1, 0.15) is 11.9 Å². The Kier molecular flexibility index (Phi) is 3.29. The summed E-state index contributed by atoms with van der Waals surface area (Å²) in [4.78, 5) is 0. The highest BCUT2D eigenvalue weighted by atomic mass is 16.5. The van der Waals surface area contributed by atoms with Crippen molar-refractivity contribution >= 4 is 0 Å². The minimum absolute atomic E-state index is 0.397. The second-order valence-corrected chi connectivity index (χ2v) is 5.99. The number of hydrogen-bond acceptors (Lipinski definition) is 2. The molecule has 0 saturated heterocycles. The number of fused-ring (bicyclic) bond motifs is 1. The molecule has 0 aromatic heterocycles. The van der Waals surface area contributed by atoms with E-state index in [1.165, 1.54) is 37.7 Å². The number of para-hydroxylation sites is 1. The molecule has 3 rings (SSSR count). The van der Waals surface area contributed by atoms with E-state index in [2.05, 4.69) is 36.6 Å². The quantitative estimate of drug-likeness (QED) is 0.880. The lowest BCUT2D eigenvalue weighted by Gasteiger charge is -2.31. The average molecular weight is 245 g/mol. The van der Waals surface area contributed by atoms with Crippen molar-refractivity contribution < 1.29 is 4.74 Å². The van der Waals surface area contributed by atoms with Gasteiger partial charge in [-0.05, 0) is 43.4 Å². The first-order valence-corrected chi connectivity index (χ1v) is 7.20. The molecule has 0 amide bonds. The Bertz CT molecular complexity index is 384. The van der Waals surface area contributed by atoms with E-state index in [0.717, 1.165) is 18.7 Å². The molecule has 2 aliphatic rings. The van der Waals surface area contributed by atoms with Crippen LogP contribution in [0.15, 0.2) is 24.3 Å². The molecule has 1 heterocycles. The van der Waals surface area contributed by atoms with Gasteiger partial charge in [0.15, 0.2) is 0 Å². The third-order valence-electron chi connectivity index (χ3n) is 4.59. The molecule has 98 valence electrons. The Hall–Kier alpha value is -1.02. The van der Waals surface area contributed by atoms with Crippen LogP contribution in [-0.2, 0) is 6.42 Å². The van der Waals surface area contributed by atoms with Gasteiger partial charge < -0.3 is 10.1 Å². The van der Waals surface area contributed by atoms with E-state index in [1.54, 1.807) is 0 Å². The van der Waals surface area contributed by atoms with Crippen LogP contribution in [0.4, 0.5) is 0 Å². The molecule has 0 bridgehead atoms. The molecule has 1 unspecified atom stereocenters. The number of benzene rings is 1. The summed E-state index contributed by atoms with van der Waals surface area (Å²) in [7, 11) is 2.07. The lowest BCUT2D eigenvalue weighted by atomic mass is 9.80. The number of nitrogens with one attached hydrogen (secondary N) is 1. The molecule has 1 fully saturated rings. The topological polar surface area (TPSA) is 21.3 Å². The molecule has 1 aliphatic heterocycles. The average Bonchev–Trinajstić information content (AvgIpc) is 2.96. The smallest absolute Gasteiger partial charge is 0.123 e. The van der Waals surface area contributed by atoms with Gasteiger partial charge in [-0.15, -0.1) is 0 Å². The van der Waals surface area contributed by atoms with Crippen molar-refractivity contribution in [3.05, 3.63) is 29.8 Å². The van der Waals surface area contributed by atoms with Crippen LogP contribution in [0.1, 0.15) is 37.7 Å². The third kappa shape index (κ3) is 2.26. The van der Waals surface area contributed by atoms with E-state index in [-0.39, 0.29) is 0 Å². The summed E-state index contributed by atoms with van der Waals surface area (Å²) in [6.45, 7) is 1.14. The highest BCUT2D eigenvalue weighted by Crippen LogP contribution is 2.44. The minimum atomic E-state index is 0.397. The van der Waals surface area contributed by atoms with Gasteiger partial charge in [-0.2, -0.15) is 0 Å². The molecular weight excluding hydrogens is 222 g/mol. The monoisotopic (exact) mass is 245 g/mol. The molecule has 2 heteroatoms. The van der Waals surface area contributed by atoms with Crippen molar-refractivity contribution in [2.45, 2.75) is 44.6 Å². The number of ether oxygens (including phenoxy) is 1. The van der Waals surface area contributed by atoms with Gasteiger partial charge >= 0.3 is 0 Å². The number of hydrogen-bond donors (Lipinski definition) is 1. The van der Waals surface area contributed by atoms with Gasteiger partial charge in [-0.1, -0.05) is 31.0 Å². The molecule has 0 spiro atoms. The standard InChI is InChI=1S/C16H23NO/c1-17-12-16(8-4-5-9-16)11-14-10-13-6-2-3-7-15(13)18-14/h2-3,6-7,14,17H,4-5,8-12H2,1H3. The summed E-state index contributed by atoms with van der Waals surface area (Å²) >= 11 is 0. The van der Waals surface area contributed by atoms with Crippen molar-refractivity contribution in [1.82, 2.24) is 5.32 Å². The maximum Gasteiger partial charge on any atom is 0.123 e. The fraction of sp³-hybridized carbons (Fsp3) is 0.625. The van der Waals surface area contributed by atoms with E-state index >= 15 is 0 Å². The van der Waals surface area contributed by atoms with Crippen molar-refractivity contribution in [2.24, 2.45) is 5.41 Å². The zero-order valence-electron chi connectivity index (χ0n) is 11.2. The lowest BCUT2D eigenvalue weighted by Crippen LogP contribution is -2.34. The molecular formula is C16H23NO. The maximum atomic E-state index is 6.11. The highest BCUT2D eigenvalue weighted by Gasteiger charge is 2.37. The fourth-order valence-corrected chi connectivity index (χ4v) is 3.80. The predicted octanol–water partition coefficient (Wildman–Crippen LogP) is 3.16. The van der Waals surface area contributed by atoms with E-state index in [4.69, 9.17) is 4.74 Å². The molecule has 1 atom stereocenters. The fourth-order valence-electron chi connectivity index (χ4n) is 3.80. The summed E-state index contributed by atoms with van der Waals surface area (Å²) < 4.78 is 6.11. The molecule has 18 heavy (non-hydrogen) atoms. The van der Waals surface area contributed by atoms with Crippen LogP contribution in [-0.4, -0.2) is 19.7 Å². The second kappa shape index (κ2) is 4.93. The van der Waals surface area contributed by atoms with Crippen LogP contribution < -0.4 is 10.1 Å². The van der Waals surface area contributed by atoms with Crippen LogP contribution in [0.2, 0.25) is 0 Å². The first kappa shape index (κ1) is 12.0. The summed E-state index contributed by atoms with van der Waals surface area (Å²) in [6.07, 6.45) is 8.22. The van der Waals surface area contributed by atoms with Gasteiger partial charge in [0.2, 0.25) is 0 Å². The molecule has 1 aromatic carbocycles. The predicted molar refractivity (Wildman–Crippen MR) is 74.0 cm³/mol. The molecule has 2 nitrogen and oxygen atoms in total. The van der Waals surface area contributed by atoms with Gasteiger partial charge in [0.25, 0.3) is 0 Å².